The second-order valence-corrected chi connectivity index (χ2v) is 8.51. The van der Waals surface area contributed by atoms with Gasteiger partial charge in [-0.2, -0.15) is 25.3 Å². The van der Waals surface area contributed by atoms with Crippen LogP contribution < -0.4 is 0 Å². The van der Waals surface area contributed by atoms with Crippen LogP contribution in [0.25, 0.3) is 19.5 Å². The molecule has 5 heteroatoms. The van der Waals surface area contributed by atoms with Crippen LogP contribution in [0.4, 0.5) is 0 Å². The van der Waals surface area contributed by atoms with Crippen LogP contribution in [0.5, 0.6) is 0 Å². The van der Waals surface area contributed by atoms with Crippen molar-refractivity contribution in [2.75, 3.05) is 5.75 Å². The molecule has 0 nitrogen and oxygen atoms in total. The molecule has 0 aliphatic rings. The first-order valence-corrected chi connectivity index (χ1v) is 10.0. The second kappa shape index (κ2) is 6.71. The van der Waals surface area contributed by atoms with Gasteiger partial charge in [-0.05, 0) is 48.6 Å². The third-order valence-corrected chi connectivity index (χ3v) is 7.41. The van der Waals surface area contributed by atoms with Crippen LogP contribution in [0.1, 0.15) is 9.75 Å². The molecule has 104 valence electrons. The highest BCUT2D eigenvalue weighted by molar-refractivity contribution is 7.80. The molecule has 0 bridgehead atoms. The lowest BCUT2D eigenvalue weighted by Crippen LogP contribution is -1.77. The Kier molecular flexibility index (Phi) is 4.94. The van der Waals surface area contributed by atoms with Crippen molar-refractivity contribution in [3.8, 4) is 19.5 Å². The third-order valence-electron chi connectivity index (χ3n) is 2.93. The Morgan fingerprint density at radius 2 is 1.15 bits per heavy atom. The highest BCUT2D eigenvalue weighted by Gasteiger charge is 2.09. The highest BCUT2D eigenvalue weighted by atomic mass is 32.1. The SMILES string of the molecule is SCCc1ccc(-c2ccc(-c3ccc(CS)s3)s2)s1. The normalized spacial score (nSPS) is 11.1. The topological polar surface area (TPSA) is 0 Å². The summed E-state index contributed by atoms with van der Waals surface area (Å²) in [5.41, 5.74) is 0. The summed E-state index contributed by atoms with van der Waals surface area (Å²) in [6, 6.07) is 13.3. The van der Waals surface area contributed by atoms with Gasteiger partial charge < -0.3 is 0 Å². The van der Waals surface area contributed by atoms with Gasteiger partial charge in [0.2, 0.25) is 0 Å². The number of hydrogen-bond donors (Lipinski definition) is 2. The maximum atomic E-state index is 4.33. The quantitative estimate of drug-likeness (QED) is 0.508. The van der Waals surface area contributed by atoms with E-state index in [9.17, 15) is 0 Å². The van der Waals surface area contributed by atoms with Crippen LogP contribution >= 0.6 is 59.3 Å². The minimum atomic E-state index is 0.820. The minimum Gasteiger partial charge on any atom is -0.179 e. The maximum Gasteiger partial charge on any atom is 0.0449 e. The Bertz CT molecular complexity index is 689. The molecule has 3 aromatic rings. The van der Waals surface area contributed by atoms with Gasteiger partial charge in [0.15, 0.2) is 0 Å². The Labute approximate surface area is 142 Å². The van der Waals surface area contributed by atoms with Gasteiger partial charge in [-0.25, -0.2) is 0 Å². The predicted molar refractivity (Wildman–Crippen MR) is 101 cm³/mol. The van der Waals surface area contributed by atoms with E-state index < -0.39 is 0 Å². The number of rotatable bonds is 5. The molecule has 20 heavy (non-hydrogen) atoms. The fraction of sp³-hybridized carbons (Fsp3) is 0.200. The molecule has 0 amide bonds. The van der Waals surface area contributed by atoms with E-state index in [1.54, 1.807) is 0 Å². The van der Waals surface area contributed by atoms with Crippen molar-refractivity contribution >= 4 is 59.3 Å². The van der Waals surface area contributed by atoms with Crippen molar-refractivity contribution in [2.45, 2.75) is 12.2 Å². The Hall–Kier alpha value is -0.200. The molecule has 0 aliphatic heterocycles. The summed E-state index contributed by atoms with van der Waals surface area (Å²) in [7, 11) is 0. The lowest BCUT2D eigenvalue weighted by molar-refractivity contribution is 1.21. The van der Waals surface area contributed by atoms with Crippen LogP contribution in [0.2, 0.25) is 0 Å². The van der Waals surface area contributed by atoms with E-state index in [-0.39, 0.29) is 0 Å². The molecule has 0 spiro atoms. The zero-order valence-electron chi connectivity index (χ0n) is 10.7. The second-order valence-electron chi connectivity index (χ2n) is 4.33. The molecule has 0 N–H and O–H groups in total. The fourth-order valence-electron chi connectivity index (χ4n) is 1.95. The zero-order chi connectivity index (χ0) is 13.9. The number of thiophene rings is 3. The van der Waals surface area contributed by atoms with E-state index in [0.717, 1.165) is 17.9 Å². The largest absolute Gasteiger partial charge is 0.179 e. The monoisotopic (exact) mass is 354 g/mol. The Morgan fingerprint density at radius 3 is 1.70 bits per heavy atom. The van der Waals surface area contributed by atoms with E-state index in [1.165, 1.54) is 29.3 Å². The fourth-order valence-corrected chi connectivity index (χ4v) is 5.71. The van der Waals surface area contributed by atoms with Crippen molar-refractivity contribution in [2.24, 2.45) is 0 Å². The van der Waals surface area contributed by atoms with Gasteiger partial charge in [0.05, 0.1) is 0 Å². The van der Waals surface area contributed by atoms with E-state index in [4.69, 9.17) is 0 Å². The van der Waals surface area contributed by atoms with Crippen molar-refractivity contribution < 1.29 is 0 Å². The summed E-state index contributed by atoms with van der Waals surface area (Å²) in [6.07, 6.45) is 1.06. The predicted octanol–water partition coefficient (Wildman–Crippen LogP) is 6.11. The highest BCUT2D eigenvalue weighted by Crippen LogP contribution is 2.40. The lowest BCUT2D eigenvalue weighted by atomic mass is 10.3. The average molecular weight is 355 g/mol. The van der Waals surface area contributed by atoms with Crippen molar-refractivity contribution in [3.63, 3.8) is 0 Å². The van der Waals surface area contributed by atoms with Crippen LogP contribution in [-0.4, -0.2) is 5.75 Å². The van der Waals surface area contributed by atoms with Crippen molar-refractivity contribution in [1.82, 2.24) is 0 Å². The summed E-state index contributed by atoms with van der Waals surface area (Å²) in [5, 5.41) is 0. The first-order chi connectivity index (χ1) is 9.80. The Balaban J connectivity index is 1.85. The first-order valence-electron chi connectivity index (χ1n) is 6.30. The number of aryl methyl sites for hydroxylation is 1. The summed E-state index contributed by atoms with van der Waals surface area (Å²) >= 11 is 14.2. The van der Waals surface area contributed by atoms with Gasteiger partial charge in [-0.1, -0.05) is 0 Å². The van der Waals surface area contributed by atoms with E-state index >= 15 is 0 Å². The number of hydrogen-bond acceptors (Lipinski definition) is 5. The smallest absolute Gasteiger partial charge is 0.0449 e. The molecule has 0 radical (unpaired) electrons. The molecule has 0 saturated carbocycles. The lowest BCUT2D eigenvalue weighted by Gasteiger charge is -1.92. The van der Waals surface area contributed by atoms with Crippen LogP contribution in [0, 0.1) is 0 Å². The zero-order valence-corrected chi connectivity index (χ0v) is 14.9. The van der Waals surface area contributed by atoms with Gasteiger partial charge in [0.25, 0.3) is 0 Å². The molecule has 0 unspecified atom stereocenters. The average Bonchev–Trinajstić information content (AvgIpc) is 3.18. The number of thiol groups is 2. The van der Waals surface area contributed by atoms with Crippen LogP contribution in [0.15, 0.2) is 36.4 Å². The summed E-state index contributed by atoms with van der Waals surface area (Å²) in [5.74, 6) is 1.73. The van der Waals surface area contributed by atoms with Crippen molar-refractivity contribution in [1.29, 1.82) is 0 Å². The molecule has 0 fully saturated rings. The van der Waals surface area contributed by atoms with E-state index in [2.05, 4.69) is 61.7 Å². The third kappa shape index (κ3) is 3.17. The van der Waals surface area contributed by atoms with Gasteiger partial charge in [-0.3, -0.25) is 0 Å². The van der Waals surface area contributed by atoms with E-state index in [0.29, 0.717) is 0 Å². The summed E-state index contributed by atoms with van der Waals surface area (Å²) in [4.78, 5) is 8.16. The molecule has 0 saturated heterocycles. The maximum absolute atomic E-state index is 4.33. The van der Waals surface area contributed by atoms with Gasteiger partial charge >= 0.3 is 0 Å². The molecule has 3 aromatic heterocycles. The van der Waals surface area contributed by atoms with Crippen LogP contribution in [-0.2, 0) is 12.2 Å². The van der Waals surface area contributed by atoms with Gasteiger partial charge in [-0.15, -0.1) is 34.0 Å². The molecular formula is C15H14S5. The first kappa shape index (κ1) is 14.7. The van der Waals surface area contributed by atoms with Crippen molar-refractivity contribution in [3.05, 3.63) is 46.2 Å². The molecule has 0 aliphatic carbocycles. The standard InChI is InChI=1S/C15H14S5/c16-8-7-10-1-3-12(18-10)14-5-6-15(20-14)13-4-2-11(9-17)19-13/h1-6,16-17H,7-9H2. The Morgan fingerprint density at radius 1 is 0.650 bits per heavy atom. The van der Waals surface area contributed by atoms with Crippen LogP contribution in [0.3, 0.4) is 0 Å². The molecule has 3 heterocycles. The molecule has 3 rings (SSSR count). The summed E-state index contributed by atoms with van der Waals surface area (Å²) in [6.45, 7) is 0. The molecule has 0 aromatic carbocycles. The van der Waals surface area contributed by atoms with E-state index in [1.807, 2.05) is 34.0 Å². The molecule has 0 atom stereocenters. The van der Waals surface area contributed by atoms with Gasteiger partial charge in [0, 0.05) is 35.0 Å². The molecular weight excluding hydrogens is 340 g/mol. The summed E-state index contributed by atoms with van der Waals surface area (Å²) < 4.78 is 0. The minimum absolute atomic E-state index is 0.820. The van der Waals surface area contributed by atoms with Gasteiger partial charge in [0.1, 0.15) is 0 Å².